The van der Waals surface area contributed by atoms with Gasteiger partial charge in [0.25, 0.3) is 5.91 Å². The number of esters is 2. The molecular formula is C31H28Br4N2O7. The van der Waals surface area contributed by atoms with Gasteiger partial charge in [0.1, 0.15) is 6.04 Å². The fourth-order valence-corrected chi connectivity index (χ4v) is 6.83. The van der Waals surface area contributed by atoms with Crippen LogP contribution in [0.1, 0.15) is 60.6 Å². The standard InChI is InChI=1S/C13H11BrN2O3.C9H8Br2O2.C9H9BrO2/c14-9-3-1-2-7-8(9)6-16(13(7)19)10-4-5-11(17)15-12(10)18;1-13-9(12)6-3-2-4-8(11)7(6)5-10;1-6-7(9(11)12-2)4-3-5-8(6)10/h1-3,10H,4-6H2,(H,15,17,18);2-4H,5H2,1H3;3-5H,1-2H3. The van der Waals surface area contributed by atoms with E-state index in [-0.39, 0.29) is 36.1 Å². The molecule has 2 aliphatic heterocycles. The number of amides is 3. The Hall–Kier alpha value is -2.87. The number of carbonyl (C=O) groups is 5. The summed E-state index contributed by atoms with van der Waals surface area (Å²) in [6, 6.07) is 15.8. The number of methoxy groups -OCH3 is 2. The van der Waals surface area contributed by atoms with Gasteiger partial charge < -0.3 is 14.4 Å². The summed E-state index contributed by atoms with van der Waals surface area (Å²) in [6.45, 7) is 2.28. The quantitative estimate of drug-likeness (QED) is 0.173. The number of benzene rings is 3. The van der Waals surface area contributed by atoms with Crippen molar-refractivity contribution in [2.75, 3.05) is 14.2 Å². The Labute approximate surface area is 288 Å². The van der Waals surface area contributed by atoms with Crippen LogP contribution in [-0.4, -0.2) is 54.8 Å². The molecule has 1 unspecified atom stereocenters. The van der Waals surface area contributed by atoms with Crippen LogP contribution in [0.15, 0.2) is 68.0 Å². The van der Waals surface area contributed by atoms with E-state index >= 15 is 0 Å². The molecule has 0 bridgehead atoms. The van der Waals surface area contributed by atoms with Crippen molar-refractivity contribution < 1.29 is 33.4 Å². The number of hydrogen-bond acceptors (Lipinski definition) is 7. The lowest BCUT2D eigenvalue weighted by Gasteiger charge is -2.29. The van der Waals surface area contributed by atoms with Gasteiger partial charge in [-0.05, 0) is 66.4 Å². The van der Waals surface area contributed by atoms with Gasteiger partial charge >= 0.3 is 11.9 Å². The molecule has 3 aromatic carbocycles. The molecule has 5 rings (SSSR count). The van der Waals surface area contributed by atoms with E-state index in [4.69, 9.17) is 0 Å². The van der Waals surface area contributed by atoms with Crippen LogP contribution in [0.25, 0.3) is 0 Å². The zero-order valence-electron chi connectivity index (χ0n) is 23.9. The predicted molar refractivity (Wildman–Crippen MR) is 179 cm³/mol. The molecule has 3 amide bonds. The summed E-state index contributed by atoms with van der Waals surface area (Å²) in [7, 11) is 2.75. The number of carbonyl (C=O) groups excluding carboxylic acids is 5. The maximum absolute atomic E-state index is 12.3. The van der Waals surface area contributed by atoms with E-state index < -0.39 is 6.04 Å². The molecule has 1 atom stereocenters. The van der Waals surface area contributed by atoms with Crippen LogP contribution < -0.4 is 5.32 Å². The second kappa shape index (κ2) is 16.4. The number of fused-ring (bicyclic) bond motifs is 1. The number of nitrogens with one attached hydrogen (secondary N) is 1. The number of piperidine rings is 1. The smallest absolute Gasteiger partial charge is 0.338 e. The molecule has 3 aromatic rings. The molecule has 0 radical (unpaired) electrons. The molecule has 9 nitrogen and oxygen atoms in total. The zero-order chi connectivity index (χ0) is 32.6. The van der Waals surface area contributed by atoms with Crippen molar-refractivity contribution in [2.24, 2.45) is 0 Å². The highest BCUT2D eigenvalue weighted by molar-refractivity contribution is 9.11. The molecule has 0 aliphatic carbocycles. The number of nitrogens with zero attached hydrogens (tertiary/aromatic N) is 1. The van der Waals surface area contributed by atoms with Crippen molar-refractivity contribution in [3.8, 4) is 0 Å². The van der Waals surface area contributed by atoms with Gasteiger partial charge in [-0.15, -0.1) is 0 Å². The average Bonchev–Trinajstić information content (AvgIpc) is 3.35. The van der Waals surface area contributed by atoms with Crippen molar-refractivity contribution in [1.29, 1.82) is 0 Å². The van der Waals surface area contributed by atoms with Crippen molar-refractivity contribution >= 4 is 93.4 Å². The van der Waals surface area contributed by atoms with Crippen LogP contribution in [0.4, 0.5) is 0 Å². The maximum Gasteiger partial charge on any atom is 0.338 e. The molecule has 1 saturated heterocycles. The van der Waals surface area contributed by atoms with Crippen molar-refractivity contribution in [2.45, 2.75) is 37.7 Å². The maximum atomic E-state index is 12.3. The molecule has 1 N–H and O–H groups in total. The molecule has 2 aliphatic rings. The second-order valence-electron chi connectivity index (χ2n) is 9.46. The highest BCUT2D eigenvalue weighted by Crippen LogP contribution is 2.32. The first-order chi connectivity index (χ1) is 20.9. The molecule has 0 spiro atoms. The van der Waals surface area contributed by atoms with Crippen molar-refractivity contribution in [3.63, 3.8) is 0 Å². The highest BCUT2D eigenvalue weighted by Gasteiger charge is 2.39. The first kappa shape index (κ1) is 35.6. The predicted octanol–water partition coefficient (Wildman–Crippen LogP) is 6.88. The van der Waals surface area contributed by atoms with E-state index in [9.17, 15) is 24.0 Å². The molecular weight excluding hydrogens is 832 g/mol. The summed E-state index contributed by atoms with van der Waals surface area (Å²) in [6.07, 6.45) is 0.666. The summed E-state index contributed by atoms with van der Waals surface area (Å²) in [5.74, 6) is -1.41. The Balaban J connectivity index is 0.000000188. The Morgan fingerprint density at radius 1 is 0.864 bits per heavy atom. The van der Waals surface area contributed by atoms with Crippen LogP contribution in [0.3, 0.4) is 0 Å². The van der Waals surface area contributed by atoms with E-state index in [1.54, 1.807) is 24.3 Å². The van der Waals surface area contributed by atoms with Gasteiger partial charge in [-0.25, -0.2) is 9.59 Å². The molecule has 13 heteroatoms. The lowest BCUT2D eigenvalue weighted by Crippen LogP contribution is -2.52. The Morgan fingerprint density at radius 2 is 1.43 bits per heavy atom. The first-order valence-electron chi connectivity index (χ1n) is 13.1. The minimum atomic E-state index is -0.551. The third-order valence-corrected chi connectivity index (χ3v) is 9.76. The van der Waals surface area contributed by atoms with Crippen LogP contribution in [0, 0.1) is 6.92 Å². The summed E-state index contributed by atoms with van der Waals surface area (Å²) >= 11 is 13.4. The lowest BCUT2D eigenvalue weighted by atomic mass is 10.0. The van der Waals surface area contributed by atoms with E-state index in [1.807, 2.05) is 37.3 Å². The third kappa shape index (κ3) is 8.43. The fraction of sp³-hybridized carbons (Fsp3) is 0.258. The molecule has 1 fully saturated rings. The molecule has 232 valence electrons. The molecule has 0 aromatic heterocycles. The van der Waals surface area contributed by atoms with Gasteiger partial charge in [-0.2, -0.15) is 0 Å². The minimum Gasteiger partial charge on any atom is -0.465 e. The van der Waals surface area contributed by atoms with Gasteiger partial charge in [-0.3, -0.25) is 19.7 Å². The highest BCUT2D eigenvalue weighted by atomic mass is 79.9. The number of hydrogen-bond donors (Lipinski definition) is 1. The van der Waals surface area contributed by atoms with E-state index in [0.717, 1.165) is 30.1 Å². The topological polar surface area (TPSA) is 119 Å². The minimum absolute atomic E-state index is 0.147. The second-order valence-corrected chi connectivity index (χ2v) is 12.6. The molecule has 44 heavy (non-hydrogen) atoms. The summed E-state index contributed by atoms with van der Waals surface area (Å²) in [5.41, 5.74) is 4.54. The van der Waals surface area contributed by atoms with Crippen LogP contribution in [0.5, 0.6) is 0 Å². The number of ether oxygens (including phenoxy) is 2. The Kier molecular flexibility index (Phi) is 13.3. The zero-order valence-corrected chi connectivity index (χ0v) is 30.3. The largest absolute Gasteiger partial charge is 0.465 e. The van der Waals surface area contributed by atoms with Gasteiger partial charge in [0.2, 0.25) is 11.8 Å². The average molecular weight is 860 g/mol. The van der Waals surface area contributed by atoms with Crippen LogP contribution >= 0.6 is 63.7 Å². The number of rotatable bonds is 4. The van der Waals surface area contributed by atoms with Crippen molar-refractivity contribution in [3.05, 3.63) is 101 Å². The van der Waals surface area contributed by atoms with Crippen LogP contribution in [0.2, 0.25) is 0 Å². The van der Waals surface area contributed by atoms with Gasteiger partial charge in [0.15, 0.2) is 0 Å². The SMILES string of the molecule is COC(=O)c1cccc(Br)c1C.COC(=O)c1cccc(Br)c1CBr.O=C1CCC(N2Cc3c(Br)cccc3C2=O)C(=O)N1. The number of halogens is 4. The van der Waals surface area contributed by atoms with Gasteiger partial charge in [-0.1, -0.05) is 81.9 Å². The van der Waals surface area contributed by atoms with E-state index in [1.165, 1.54) is 19.1 Å². The Morgan fingerprint density at radius 3 is 2.02 bits per heavy atom. The van der Waals surface area contributed by atoms with Gasteiger partial charge in [0, 0.05) is 37.3 Å². The normalized spacial score (nSPS) is 15.2. The lowest BCUT2D eigenvalue weighted by molar-refractivity contribution is -0.136. The summed E-state index contributed by atoms with van der Waals surface area (Å²) in [4.78, 5) is 59.3. The van der Waals surface area contributed by atoms with E-state index in [2.05, 4.69) is 78.5 Å². The molecule has 2 heterocycles. The molecule has 0 saturated carbocycles. The Bertz CT molecular complexity index is 1600. The summed E-state index contributed by atoms with van der Waals surface area (Å²) in [5, 5.41) is 2.91. The van der Waals surface area contributed by atoms with Crippen molar-refractivity contribution in [1.82, 2.24) is 10.2 Å². The third-order valence-electron chi connectivity index (χ3n) is 6.86. The number of imide groups is 1. The monoisotopic (exact) mass is 856 g/mol. The fourth-order valence-electron chi connectivity index (χ4n) is 4.48. The first-order valence-corrected chi connectivity index (χ1v) is 16.6. The van der Waals surface area contributed by atoms with E-state index in [0.29, 0.717) is 35.0 Å². The summed E-state index contributed by atoms with van der Waals surface area (Å²) < 4.78 is 12.0. The van der Waals surface area contributed by atoms with Crippen LogP contribution in [-0.2, 0) is 30.9 Å². The van der Waals surface area contributed by atoms with Gasteiger partial charge in [0.05, 0.1) is 25.3 Å². The number of alkyl halides is 1.